The number of aryl methyl sites for hydroxylation is 1. The molecular weight excluding hydrogens is 397 g/mol. The molecule has 1 atom stereocenters. The number of benzene rings is 2. The van der Waals surface area contributed by atoms with Gasteiger partial charge in [-0.1, -0.05) is 55.8 Å². The number of halogens is 1. The maximum atomic E-state index is 13.4. The minimum absolute atomic E-state index is 0.288. The molecule has 4 amide bonds. The third-order valence-electron chi connectivity index (χ3n) is 5.68. The number of nitrogens with zero attached hydrogens (tertiary/aromatic N) is 2. The first-order chi connectivity index (χ1) is 14.8. The van der Waals surface area contributed by atoms with E-state index in [2.05, 4.69) is 5.32 Å². The molecule has 7 heteroatoms. The molecule has 2 aromatic rings. The molecule has 0 spiro atoms. The zero-order valence-corrected chi connectivity index (χ0v) is 18.2. The van der Waals surface area contributed by atoms with Crippen LogP contribution in [-0.2, 0) is 21.7 Å². The van der Waals surface area contributed by atoms with Gasteiger partial charge in [0.1, 0.15) is 17.9 Å². The second kappa shape index (κ2) is 9.29. The lowest BCUT2D eigenvalue weighted by Crippen LogP contribution is -2.45. The summed E-state index contributed by atoms with van der Waals surface area (Å²) in [6, 6.07) is 12.8. The number of hydrogen-bond acceptors (Lipinski definition) is 3. The number of hydrogen-bond donors (Lipinski definition) is 1. The average Bonchev–Trinajstić information content (AvgIpc) is 3.00. The summed E-state index contributed by atoms with van der Waals surface area (Å²) in [4.78, 5) is 41.6. The van der Waals surface area contributed by atoms with Gasteiger partial charge in [0.05, 0.1) is 0 Å². The summed E-state index contributed by atoms with van der Waals surface area (Å²) in [5.41, 5.74) is 1.32. The van der Waals surface area contributed by atoms with Crippen molar-refractivity contribution in [2.24, 2.45) is 0 Å². The fourth-order valence-electron chi connectivity index (χ4n) is 3.85. The predicted molar refractivity (Wildman–Crippen MR) is 116 cm³/mol. The van der Waals surface area contributed by atoms with Crippen molar-refractivity contribution in [3.05, 3.63) is 71.0 Å². The van der Waals surface area contributed by atoms with Gasteiger partial charge in [0.2, 0.25) is 5.91 Å². The summed E-state index contributed by atoms with van der Waals surface area (Å²) < 4.78 is 13.4. The van der Waals surface area contributed by atoms with Crippen molar-refractivity contribution in [3.63, 3.8) is 0 Å². The van der Waals surface area contributed by atoms with Gasteiger partial charge in [-0.15, -0.1) is 0 Å². The lowest BCUT2D eigenvalue weighted by Gasteiger charge is -2.27. The number of imide groups is 1. The fourth-order valence-corrected chi connectivity index (χ4v) is 3.85. The van der Waals surface area contributed by atoms with E-state index in [1.165, 1.54) is 24.3 Å². The summed E-state index contributed by atoms with van der Waals surface area (Å²) in [5, 5.41) is 2.73. The highest BCUT2D eigenvalue weighted by Gasteiger charge is 2.51. The maximum Gasteiger partial charge on any atom is 0.325 e. The maximum absolute atomic E-state index is 13.4. The number of carbonyl (C=O) groups excluding carboxylic acids is 3. The van der Waals surface area contributed by atoms with Crippen LogP contribution >= 0.6 is 0 Å². The highest BCUT2D eigenvalue weighted by molar-refractivity contribution is 6.09. The van der Waals surface area contributed by atoms with Crippen molar-refractivity contribution in [2.45, 2.75) is 45.7 Å². The monoisotopic (exact) mass is 425 g/mol. The highest BCUT2D eigenvalue weighted by atomic mass is 19.1. The molecule has 6 nitrogen and oxygen atoms in total. The second-order valence-electron chi connectivity index (χ2n) is 7.89. The summed E-state index contributed by atoms with van der Waals surface area (Å²) in [6.07, 6.45) is 1.04. The SMILES string of the molecule is CCCN(Cc1ccc(C)cc1)C(=O)CN1C(=O)NC(CC)(c2ccc(F)cc2)C1=O. The van der Waals surface area contributed by atoms with Gasteiger partial charge in [-0.2, -0.15) is 0 Å². The Kier molecular flexibility index (Phi) is 6.73. The van der Waals surface area contributed by atoms with Crippen LogP contribution in [0.1, 0.15) is 43.4 Å². The van der Waals surface area contributed by atoms with Crippen molar-refractivity contribution in [2.75, 3.05) is 13.1 Å². The van der Waals surface area contributed by atoms with E-state index in [1.54, 1.807) is 11.8 Å². The molecule has 0 aromatic heterocycles. The van der Waals surface area contributed by atoms with Crippen LogP contribution in [0.3, 0.4) is 0 Å². The molecule has 1 aliphatic heterocycles. The summed E-state index contributed by atoms with van der Waals surface area (Å²) in [7, 11) is 0. The normalized spacial score (nSPS) is 18.3. The molecule has 3 rings (SSSR count). The molecule has 0 aliphatic carbocycles. The predicted octanol–water partition coefficient (Wildman–Crippen LogP) is 3.73. The Morgan fingerprint density at radius 2 is 1.71 bits per heavy atom. The Labute approximate surface area is 182 Å². The first-order valence-electron chi connectivity index (χ1n) is 10.5. The molecule has 2 aromatic carbocycles. The number of urea groups is 1. The largest absolute Gasteiger partial charge is 0.337 e. The first kappa shape index (κ1) is 22.5. The minimum Gasteiger partial charge on any atom is -0.337 e. The van der Waals surface area contributed by atoms with Crippen LogP contribution in [0, 0.1) is 12.7 Å². The summed E-state index contributed by atoms with van der Waals surface area (Å²) in [5.74, 6) is -1.21. The van der Waals surface area contributed by atoms with Crippen molar-refractivity contribution < 1.29 is 18.8 Å². The van der Waals surface area contributed by atoms with Crippen LogP contribution in [0.2, 0.25) is 0 Å². The molecule has 0 saturated carbocycles. The average molecular weight is 426 g/mol. The Balaban J connectivity index is 1.78. The van der Waals surface area contributed by atoms with Crippen LogP contribution in [0.4, 0.5) is 9.18 Å². The van der Waals surface area contributed by atoms with Crippen LogP contribution in [0.5, 0.6) is 0 Å². The Bertz CT molecular complexity index is 959. The van der Waals surface area contributed by atoms with Gasteiger partial charge in [0.15, 0.2) is 0 Å². The zero-order valence-electron chi connectivity index (χ0n) is 18.2. The third-order valence-corrected chi connectivity index (χ3v) is 5.68. The van der Waals surface area contributed by atoms with Gasteiger partial charge in [-0.05, 0) is 43.0 Å². The van der Waals surface area contributed by atoms with Gasteiger partial charge < -0.3 is 10.2 Å². The van der Waals surface area contributed by atoms with E-state index in [9.17, 15) is 18.8 Å². The zero-order chi connectivity index (χ0) is 22.6. The summed E-state index contributed by atoms with van der Waals surface area (Å²) in [6.45, 7) is 6.34. The lowest BCUT2D eigenvalue weighted by molar-refractivity contribution is -0.139. The van der Waals surface area contributed by atoms with Crippen molar-refractivity contribution in [1.82, 2.24) is 15.1 Å². The molecule has 1 unspecified atom stereocenters. The van der Waals surface area contributed by atoms with E-state index < -0.39 is 23.3 Å². The highest BCUT2D eigenvalue weighted by Crippen LogP contribution is 2.32. The molecule has 1 aliphatic rings. The molecule has 1 N–H and O–H groups in total. The molecular formula is C24H28FN3O3. The first-order valence-corrected chi connectivity index (χ1v) is 10.5. The van der Waals surface area contributed by atoms with Crippen LogP contribution in [0.15, 0.2) is 48.5 Å². The van der Waals surface area contributed by atoms with Gasteiger partial charge in [-0.25, -0.2) is 9.18 Å². The van der Waals surface area contributed by atoms with Gasteiger partial charge in [-0.3, -0.25) is 14.5 Å². The standard InChI is InChI=1S/C24H28FN3O3/c1-4-14-27(15-18-8-6-17(3)7-9-18)21(29)16-28-22(30)24(5-2,26-23(28)31)19-10-12-20(25)13-11-19/h6-13H,4-5,14-16H2,1-3H3,(H,26,31). The molecule has 1 fully saturated rings. The van der Waals surface area contributed by atoms with Crippen LogP contribution in [0.25, 0.3) is 0 Å². The van der Waals surface area contributed by atoms with Crippen LogP contribution < -0.4 is 5.32 Å². The Morgan fingerprint density at radius 1 is 1.06 bits per heavy atom. The topological polar surface area (TPSA) is 69.7 Å². The molecule has 0 bridgehead atoms. The second-order valence-corrected chi connectivity index (χ2v) is 7.89. The Hall–Kier alpha value is -3.22. The smallest absolute Gasteiger partial charge is 0.325 e. The van der Waals surface area contributed by atoms with E-state index in [0.717, 1.165) is 22.4 Å². The minimum atomic E-state index is -1.29. The van der Waals surface area contributed by atoms with Crippen molar-refractivity contribution >= 4 is 17.8 Å². The van der Waals surface area contributed by atoms with Gasteiger partial charge >= 0.3 is 6.03 Å². The molecule has 164 valence electrons. The number of carbonyl (C=O) groups is 3. The van der Waals surface area contributed by atoms with E-state index >= 15 is 0 Å². The van der Waals surface area contributed by atoms with E-state index in [0.29, 0.717) is 18.7 Å². The molecule has 1 heterocycles. The molecule has 1 saturated heterocycles. The quantitative estimate of drug-likeness (QED) is 0.655. The molecule has 31 heavy (non-hydrogen) atoms. The number of rotatable bonds is 8. The summed E-state index contributed by atoms with van der Waals surface area (Å²) >= 11 is 0. The van der Waals surface area contributed by atoms with E-state index in [1.807, 2.05) is 38.1 Å². The van der Waals surface area contributed by atoms with Gasteiger partial charge in [0.25, 0.3) is 5.91 Å². The van der Waals surface area contributed by atoms with E-state index in [4.69, 9.17) is 0 Å². The fraction of sp³-hybridized carbons (Fsp3) is 0.375. The Morgan fingerprint density at radius 3 is 2.29 bits per heavy atom. The number of nitrogens with one attached hydrogen (secondary N) is 1. The van der Waals surface area contributed by atoms with Crippen molar-refractivity contribution in [1.29, 1.82) is 0 Å². The van der Waals surface area contributed by atoms with Crippen molar-refractivity contribution in [3.8, 4) is 0 Å². The number of amides is 4. The lowest BCUT2D eigenvalue weighted by atomic mass is 9.87. The van der Waals surface area contributed by atoms with Gasteiger partial charge in [0, 0.05) is 13.1 Å². The van der Waals surface area contributed by atoms with Crippen LogP contribution in [-0.4, -0.2) is 40.7 Å². The van der Waals surface area contributed by atoms with E-state index in [-0.39, 0.29) is 18.9 Å². The third kappa shape index (κ3) is 4.60. The molecule has 0 radical (unpaired) electrons.